The molecule has 0 N–H and O–H groups in total. The van der Waals surface area contributed by atoms with E-state index in [-0.39, 0.29) is 0 Å². The zero-order valence-corrected chi connectivity index (χ0v) is 10.9. The first-order valence-electron chi connectivity index (χ1n) is 5.94. The van der Waals surface area contributed by atoms with Crippen LogP contribution < -0.4 is 0 Å². The van der Waals surface area contributed by atoms with E-state index in [1.165, 1.54) is 18.7 Å². The molecule has 0 aromatic carbocycles. The van der Waals surface area contributed by atoms with Crippen molar-refractivity contribution in [3.05, 3.63) is 22.6 Å². The molecule has 4 rings (SSSR count). The molecule has 1 aliphatic carbocycles. The fraction of sp³-hybridized carbons (Fsp3) is 0.500. The van der Waals surface area contributed by atoms with Crippen molar-refractivity contribution in [1.82, 2.24) is 14.5 Å². The maximum Gasteiger partial charge on any atom is 0.160 e. The monoisotopic (exact) mass is 293 g/mol. The zero-order valence-electron chi connectivity index (χ0n) is 9.27. The van der Waals surface area contributed by atoms with Gasteiger partial charge in [-0.1, -0.05) is 0 Å². The highest BCUT2D eigenvalue weighted by atomic mass is 79.9. The molecule has 2 aromatic rings. The summed E-state index contributed by atoms with van der Waals surface area (Å²) >= 11 is 3.45. The Bertz CT molecular complexity index is 587. The van der Waals surface area contributed by atoms with Gasteiger partial charge in [-0.25, -0.2) is 9.97 Å². The summed E-state index contributed by atoms with van der Waals surface area (Å²) < 4.78 is 8.56. The minimum atomic E-state index is 0.371. The molecule has 1 saturated carbocycles. The van der Waals surface area contributed by atoms with Crippen LogP contribution in [0.5, 0.6) is 0 Å². The lowest BCUT2D eigenvalue weighted by atomic mass is 10.3. The molecular weight excluding hydrogens is 282 g/mol. The molecule has 0 spiro atoms. The van der Waals surface area contributed by atoms with Gasteiger partial charge in [0, 0.05) is 16.6 Å². The molecule has 0 amide bonds. The smallest absolute Gasteiger partial charge is 0.160 e. The molecule has 17 heavy (non-hydrogen) atoms. The van der Waals surface area contributed by atoms with E-state index in [9.17, 15) is 0 Å². The summed E-state index contributed by atoms with van der Waals surface area (Å²) in [6, 6.07) is 2.04. The van der Waals surface area contributed by atoms with Gasteiger partial charge >= 0.3 is 0 Å². The van der Waals surface area contributed by atoms with Crippen molar-refractivity contribution in [2.24, 2.45) is 0 Å². The number of rotatable bonds is 3. The highest BCUT2D eigenvalue weighted by Gasteiger charge is 2.32. The number of aromatic nitrogens is 3. The van der Waals surface area contributed by atoms with Crippen molar-refractivity contribution in [3.8, 4) is 0 Å². The molecule has 3 heterocycles. The molecule has 5 heteroatoms. The highest BCUT2D eigenvalue weighted by molar-refractivity contribution is 9.10. The second-order valence-corrected chi connectivity index (χ2v) is 5.72. The van der Waals surface area contributed by atoms with Crippen LogP contribution in [0.15, 0.2) is 16.7 Å². The van der Waals surface area contributed by atoms with E-state index < -0.39 is 0 Å². The molecule has 2 fully saturated rings. The molecule has 1 saturated heterocycles. The number of epoxide rings is 1. The quantitative estimate of drug-likeness (QED) is 0.817. The molecule has 1 unspecified atom stereocenters. The van der Waals surface area contributed by atoms with Crippen LogP contribution in [0.3, 0.4) is 0 Å². The Morgan fingerprint density at radius 2 is 2.29 bits per heavy atom. The Morgan fingerprint density at radius 1 is 1.47 bits per heavy atom. The second kappa shape index (κ2) is 3.53. The predicted octanol–water partition coefficient (Wildman–Crippen LogP) is 2.47. The number of pyridine rings is 1. The van der Waals surface area contributed by atoms with Gasteiger partial charge in [0.2, 0.25) is 0 Å². The summed E-state index contributed by atoms with van der Waals surface area (Å²) in [5.41, 5.74) is 1.98. The van der Waals surface area contributed by atoms with E-state index in [1.807, 2.05) is 12.3 Å². The molecule has 88 valence electrons. The van der Waals surface area contributed by atoms with Crippen LogP contribution in [0.2, 0.25) is 0 Å². The molecule has 4 nitrogen and oxygen atoms in total. The first-order chi connectivity index (χ1) is 8.31. The largest absolute Gasteiger partial charge is 0.371 e. The predicted molar refractivity (Wildman–Crippen MR) is 66.9 cm³/mol. The van der Waals surface area contributed by atoms with Crippen LogP contribution >= 0.6 is 15.9 Å². The van der Waals surface area contributed by atoms with Gasteiger partial charge in [-0.3, -0.25) is 0 Å². The minimum Gasteiger partial charge on any atom is -0.371 e. The molecule has 2 aromatic heterocycles. The third-order valence-corrected chi connectivity index (χ3v) is 3.75. The molecule has 2 aliphatic rings. The summed E-state index contributed by atoms with van der Waals surface area (Å²) in [6.45, 7) is 1.78. The molecule has 1 aliphatic heterocycles. The highest BCUT2D eigenvalue weighted by Crippen LogP contribution is 2.41. The third-order valence-electron chi connectivity index (χ3n) is 3.31. The molecule has 0 radical (unpaired) electrons. The summed E-state index contributed by atoms with van der Waals surface area (Å²) in [5.74, 6) is 1.84. The van der Waals surface area contributed by atoms with E-state index in [1.54, 1.807) is 0 Å². The Morgan fingerprint density at radius 3 is 3.00 bits per heavy atom. The standard InChI is InChI=1S/C12H12BrN3O/c13-8-3-10-12(14-4-8)16(5-9-6-17-9)11(15-10)7-1-2-7/h3-4,7,9H,1-2,5-6H2. The number of nitrogens with zero attached hydrogens (tertiary/aromatic N) is 3. The summed E-state index contributed by atoms with van der Waals surface area (Å²) in [6.07, 6.45) is 4.73. The van der Waals surface area contributed by atoms with Gasteiger partial charge in [0.25, 0.3) is 0 Å². The number of hydrogen-bond donors (Lipinski definition) is 0. The first kappa shape index (κ1) is 10.0. The number of fused-ring (bicyclic) bond motifs is 1. The van der Waals surface area contributed by atoms with Crippen LogP contribution in [0, 0.1) is 0 Å². The zero-order chi connectivity index (χ0) is 11.4. The number of halogens is 1. The van der Waals surface area contributed by atoms with Gasteiger partial charge in [-0.05, 0) is 34.8 Å². The maximum absolute atomic E-state index is 5.32. The summed E-state index contributed by atoms with van der Waals surface area (Å²) in [7, 11) is 0. The van der Waals surface area contributed by atoms with Gasteiger partial charge in [-0.15, -0.1) is 0 Å². The normalized spacial score (nSPS) is 23.2. The van der Waals surface area contributed by atoms with Crippen molar-refractivity contribution in [2.75, 3.05) is 6.61 Å². The van der Waals surface area contributed by atoms with Crippen LogP contribution in [-0.2, 0) is 11.3 Å². The molecule has 1 atom stereocenters. The van der Waals surface area contributed by atoms with Crippen LogP contribution in [0.4, 0.5) is 0 Å². The van der Waals surface area contributed by atoms with Crippen LogP contribution in [0.1, 0.15) is 24.6 Å². The van der Waals surface area contributed by atoms with Crippen molar-refractivity contribution in [1.29, 1.82) is 0 Å². The van der Waals surface area contributed by atoms with Crippen LogP contribution in [0.25, 0.3) is 11.2 Å². The number of ether oxygens (including phenoxy) is 1. The van der Waals surface area contributed by atoms with E-state index in [0.29, 0.717) is 12.0 Å². The van der Waals surface area contributed by atoms with E-state index in [2.05, 4.69) is 25.5 Å². The van der Waals surface area contributed by atoms with Crippen LogP contribution in [-0.4, -0.2) is 27.2 Å². The average molecular weight is 294 g/mol. The van der Waals surface area contributed by atoms with Crippen molar-refractivity contribution in [2.45, 2.75) is 31.4 Å². The molecular formula is C12H12BrN3O. The lowest BCUT2D eigenvalue weighted by molar-refractivity contribution is 0.382. The Kier molecular flexibility index (Phi) is 2.08. The SMILES string of the molecule is Brc1cnc2c(c1)nc(C1CC1)n2CC1CO1. The van der Waals surface area contributed by atoms with Crippen molar-refractivity contribution < 1.29 is 4.74 Å². The van der Waals surface area contributed by atoms with E-state index in [0.717, 1.165) is 28.8 Å². The molecule has 0 bridgehead atoms. The summed E-state index contributed by atoms with van der Waals surface area (Å²) in [4.78, 5) is 9.22. The lowest BCUT2D eigenvalue weighted by Crippen LogP contribution is -2.08. The lowest BCUT2D eigenvalue weighted by Gasteiger charge is -2.05. The van der Waals surface area contributed by atoms with E-state index in [4.69, 9.17) is 9.72 Å². The minimum absolute atomic E-state index is 0.371. The van der Waals surface area contributed by atoms with Gasteiger partial charge in [0.1, 0.15) is 11.3 Å². The Balaban J connectivity index is 1.88. The van der Waals surface area contributed by atoms with Gasteiger partial charge in [-0.2, -0.15) is 0 Å². The fourth-order valence-electron chi connectivity index (χ4n) is 2.21. The van der Waals surface area contributed by atoms with E-state index >= 15 is 0 Å². The summed E-state index contributed by atoms with van der Waals surface area (Å²) in [5, 5.41) is 0. The van der Waals surface area contributed by atoms with Gasteiger partial charge in [0.05, 0.1) is 19.3 Å². The van der Waals surface area contributed by atoms with Crippen molar-refractivity contribution in [3.63, 3.8) is 0 Å². The maximum atomic E-state index is 5.32. The first-order valence-corrected chi connectivity index (χ1v) is 6.74. The number of hydrogen-bond acceptors (Lipinski definition) is 3. The topological polar surface area (TPSA) is 43.2 Å². The second-order valence-electron chi connectivity index (χ2n) is 4.81. The Labute approximate surface area is 107 Å². The number of imidazole rings is 1. The fourth-order valence-corrected chi connectivity index (χ4v) is 2.53. The Hall–Kier alpha value is -0.940. The third kappa shape index (κ3) is 1.77. The van der Waals surface area contributed by atoms with Crippen molar-refractivity contribution >= 4 is 27.1 Å². The van der Waals surface area contributed by atoms with Gasteiger partial charge < -0.3 is 9.30 Å². The average Bonchev–Trinajstić information content (AvgIpc) is 3.19. The van der Waals surface area contributed by atoms with Gasteiger partial charge in [0.15, 0.2) is 5.65 Å².